The lowest BCUT2D eigenvalue weighted by Crippen LogP contribution is -2.29. The number of amides is 1. The number of halogens is 1. The molecule has 2 aliphatic rings. The first-order valence-corrected chi connectivity index (χ1v) is 8.14. The molecule has 0 bridgehead atoms. The lowest BCUT2D eigenvalue weighted by Gasteiger charge is -2.22. The largest absolute Gasteiger partial charge is 0.486 e. The predicted molar refractivity (Wildman–Crippen MR) is 93.8 cm³/mol. The number of nitrogens with zero attached hydrogens (tertiary/aromatic N) is 3. The van der Waals surface area contributed by atoms with Gasteiger partial charge in [-0.3, -0.25) is 4.79 Å². The van der Waals surface area contributed by atoms with E-state index in [9.17, 15) is 4.79 Å². The van der Waals surface area contributed by atoms with E-state index in [-0.39, 0.29) is 18.3 Å². The van der Waals surface area contributed by atoms with Gasteiger partial charge in [-0.25, -0.2) is 4.68 Å². The van der Waals surface area contributed by atoms with Crippen molar-refractivity contribution in [1.29, 1.82) is 0 Å². The lowest BCUT2D eigenvalue weighted by molar-refractivity contribution is 0.102. The van der Waals surface area contributed by atoms with Gasteiger partial charge in [-0.1, -0.05) is 11.3 Å². The molecule has 25 heavy (non-hydrogen) atoms. The smallest absolute Gasteiger partial charge is 0.277 e. The van der Waals surface area contributed by atoms with Gasteiger partial charge < -0.3 is 20.1 Å². The van der Waals surface area contributed by atoms with Crippen molar-refractivity contribution in [2.45, 2.75) is 18.9 Å². The molecule has 3 heterocycles. The monoisotopic (exact) mass is 365 g/mol. The second-order valence-electron chi connectivity index (χ2n) is 5.85. The molecular weight excluding hydrogens is 346 g/mol. The van der Waals surface area contributed by atoms with Crippen molar-refractivity contribution in [2.75, 3.05) is 31.6 Å². The Labute approximate surface area is 151 Å². The fourth-order valence-electron chi connectivity index (χ4n) is 2.99. The maximum absolute atomic E-state index is 12.5. The van der Waals surface area contributed by atoms with Gasteiger partial charge in [0.1, 0.15) is 13.2 Å². The number of carbonyl (C=O) groups excluding carboxylic acids is 1. The number of hydrogen-bond donors (Lipinski definition) is 2. The minimum atomic E-state index is -0.308. The number of para-hydroxylation sites is 1. The first-order chi connectivity index (χ1) is 11.8. The van der Waals surface area contributed by atoms with Crippen LogP contribution in [0.1, 0.15) is 29.4 Å². The Balaban J connectivity index is 0.00000182. The van der Waals surface area contributed by atoms with Crippen LogP contribution in [-0.2, 0) is 0 Å². The highest BCUT2D eigenvalue weighted by Gasteiger charge is 2.21. The molecule has 0 radical (unpaired) electrons. The van der Waals surface area contributed by atoms with Crippen LogP contribution < -0.4 is 20.1 Å². The van der Waals surface area contributed by atoms with E-state index < -0.39 is 0 Å². The van der Waals surface area contributed by atoms with E-state index in [0.29, 0.717) is 42.1 Å². The molecule has 2 N–H and O–H groups in total. The molecule has 1 fully saturated rings. The van der Waals surface area contributed by atoms with Gasteiger partial charge in [-0.15, -0.1) is 17.5 Å². The Morgan fingerprint density at radius 2 is 2.04 bits per heavy atom. The van der Waals surface area contributed by atoms with Crippen molar-refractivity contribution in [2.24, 2.45) is 0 Å². The van der Waals surface area contributed by atoms with Crippen LogP contribution in [0.2, 0.25) is 0 Å². The SMILES string of the molecule is Cl.O=C(Nc1cccc2c1OCCO2)c1cn(C2CCNCC2)nn1. The quantitative estimate of drug-likeness (QED) is 0.859. The summed E-state index contributed by atoms with van der Waals surface area (Å²) in [6.07, 6.45) is 3.68. The van der Waals surface area contributed by atoms with Crippen molar-refractivity contribution >= 4 is 24.0 Å². The number of carbonyl (C=O) groups is 1. The number of aromatic nitrogens is 3. The molecule has 0 saturated carbocycles. The standard InChI is InChI=1S/C16H19N5O3.ClH/c22-16(13-10-21(20-19-13)11-4-6-17-7-5-11)18-12-2-1-3-14-15(12)24-9-8-23-14;/h1-3,10-11,17H,4-9H2,(H,18,22);1H. The number of hydrogen-bond acceptors (Lipinski definition) is 6. The third kappa shape index (κ3) is 3.69. The average Bonchev–Trinajstić information content (AvgIpc) is 3.13. The van der Waals surface area contributed by atoms with Crippen LogP contribution in [0.4, 0.5) is 5.69 Å². The van der Waals surface area contributed by atoms with Crippen LogP contribution in [0.25, 0.3) is 0 Å². The number of benzene rings is 1. The Bertz CT molecular complexity index is 745. The van der Waals surface area contributed by atoms with Crippen molar-refractivity contribution < 1.29 is 14.3 Å². The number of piperidine rings is 1. The van der Waals surface area contributed by atoms with Gasteiger partial charge in [0, 0.05) is 0 Å². The Morgan fingerprint density at radius 1 is 1.24 bits per heavy atom. The summed E-state index contributed by atoms with van der Waals surface area (Å²) in [5.74, 6) is 0.887. The van der Waals surface area contributed by atoms with E-state index >= 15 is 0 Å². The molecule has 1 saturated heterocycles. The molecule has 0 unspecified atom stereocenters. The van der Waals surface area contributed by atoms with Crippen LogP contribution in [0.5, 0.6) is 11.5 Å². The number of fused-ring (bicyclic) bond motifs is 1. The Hall–Kier alpha value is -2.32. The molecular formula is C16H20ClN5O3. The van der Waals surface area contributed by atoms with E-state index in [2.05, 4.69) is 20.9 Å². The summed E-state index contributed by atoms with van der Waals surface area (Å²) in [4.78, 5) is 12.5. The lowest BCUT2D eigenvalue weighted by atomic mass is 10.1. The van der Waals surface area contributed by atoms with Crippen LogP contribution in [-0.4, -0.2) is 47.2 Å². The zero-order valence-electron chi connectivity index (χ0n) is 13.6. The highest BCUT2D eigenvalue weighted by atomic mass is 35.5. The second-order valence-corrected chi connectivity index (χ2v) is 5.85. The molecule has 1 amide bonds. The van der Waals surface area contributed by atoms with E-state index in [1.54, 1.807) is 16.9 Å². The van der Waals surface area contributed by atoms with Crippen molar-refractivity contribution in [3.8, 4) is 11.5 Å². The molecule has 8 nitrogen and oxygen atoms in total. The summed E-state index contributed by atoms with van der Waals surface area (Å²) < 4.78 is 12.9. The molecule has 4 rings (SSSR count). The summed E-state index contributed by atoms with van der Waals surface area (Å²) in [6.45, 7) is 2.89. The van der Waals surface area contributed by atoms with Crippen LogP contribution >= 0.6 is 12.4 Å². The zero-order valence-corrected chi connectivity index (χ0v) is 14.4. The highest BCUT2D eigenvalue weighted by Crippen LogP contribution is 2.37. The number of ether oxygens (including phenoxy) is 2. The normalized spacial score (nSPS) is 16.8. The summed E-state index contributed by atoms with van der Waals surface area (Å²) in [6, 6.07) is 5.70. The maximum Gasteiger partial charge on any atom is 0.277 e. The Kier molecular flexibility index (Phi) is 5.40. The molecule has 1 aromatic carbocycles. The third-order valence-electron chi connectivity index (χ3n) is 4.24. The molecule has 2 aliphatic heterocycles. The molecule has 0 atom stereocenters. The molecule has 134 valence electrons. The minimum absolute atomic E-state index is 0. The fourth-order valence-corrected chi connectivity index (χ4v) is 2.99. The summed E-state index contributed by atoms with van der Waals surface area (Å²) in [7, 11) is 0. The predicted octanol–water partition coefficient (Wildman–Crippen LogP) is 1.65. The van der Waals surface area contributed by atoms with Gasteiger partial charge >= 0.3 is 0 Å². The van der Waals surface area contributed by atoms with Gasteiger partial charge in [-0.05, 0) is 38.1 Å². The topological polar surface area (TPSA) is 90.3 Å². The van der Waals surface area contributed by atoms with Crippen LogP contribution in [0, 0.1) is 0 Å². The highest BCUT2D eigenvalue weighted by molar-refractivity contribution is 6.03. The molecule has 1 aromatic heterocycles. The number of anilines is 1. The number of nitrogens with one attached hydrogen (secondary N) is 2. The minimum Gasteiger partial charge on any atom is -0.486 e. The molecule has 9 heteroatoms. The van der Waals surface area contributed by atoms with Crippen molar-refractivity contribution in [1.82, 2.24) is 20.3 Å². The fraction of sp³-hybridized carbons (Fsp3) is 0.438. The Morgan fingerprint density at radius 3 is 2.88 bits per heavy atom. The summed E-state index contributed by atoms with van der Waals surface area (Å²) >= 11 is 0. The first-order valence-electron chi connectivity index (χ1n) is 8.14. The van der Waals surface area contributed by atoms with Gasteiger partial charge in [0.05, 0.1) is 17.9 Å². The zero-order chi connectivity index (χ0) is 16.4. The molecule has 0 aliphatic carbocycles. The molecule has 2 aromatic rings. The van der Waals surface area contributed by atoms with Crippen molar-refractivity contribution in [3.05, 3.63) is 30.1 Å². The van der Waals surface area contributed by atoms with E-state index in [4.69, 9.17) is 9.47 Å². The maximum atomic E-state index is 12.5. The summed E-state index contributed by atoms with van der Waals surface area (Å²) in [5, 5.41) is 14.3. The number of rotatable bonds is 3. The second kappa shape index (κ2) is 7.71. The van der Waals surface area contributed by atoms with Gasteiger partial charge in [0.15, 0.2) is 17.2 Å². The molecule has 0 spiro atoms. The van der Waals surface area contributed by atoms with Crippen molar-refractivity contribution in [3.63, 3.8) is 0 Å². The van der Waals surface area contributed by atoms with Crippen LogP contribution in [0.15, 0.2) is 24.4 Å². The average molecular weight is 366 g/mol. The van der Waals surface area contributed by atoms with Crippen LogP contribution in [0.3, 0.4) is 0 Å². The summed E-state index contributed by atoms with van der Waals surface area (Å²) in [5.41, 5.74) is 0.872. The third-order valence-corrected chi connectivity index (χ3v) is 4.24. The van der Waals surface area contributed by atoms with Gasteiger partial charge in [-0.2, -0.15) is 0 Å². The van der Waals surface area contributed by atoms with E-state index in [1.165, 1.54) is 0 Å². The van der Waals surface area contributed by atoms with E-state index in [0.717, 1.165) is 25.9 Å². The van der Waals surface area contributed by atoms with E-state index in [1.807, 2.05) is 12.1 Å². The first kappa shape index (κ1) is 17.5. The van der Waals surface area contributed by atoms with Gasteiger partial charge in [0.2, 0.25) is 0 Å². The van der Waals surface area contributed by atoms with Gasteiger partial charge in [0.25, 0.3) is 5.91 Å².